The average Bonchev–Trinajstić information content (AvgIpc) is 3.68. The fourth-order valence-corrected chi connectivity index (χ4v) is 6.01. The molecule has 1 fully saturated rings. The summed E-state index contributed by atoms with van der Waals surface area (Å²) in [5, 5.41) is 3.34. The highest BCUT2D eigenvalue weighted by Crippen LogP contribution is 2.34. The molecule has 1 unspecified atom stereocenters. The summed E-state index contributed by atoms with van der Waals surface area (Å²) in [6.07, 6.45) is 3.38. The van der Waals surface area contributed by atoms with Crippen LogP contribution in [0.4, 0.5) is 9.18 Å². The van der Waals surface area contributed by atoms with Crippen molar-refractivity contribution < 1.29 is 28.2 Å². The minimum Gasteiger partial charge on any atom is -0.487 e. The lowest BCUT2D eigenvalue weighted by atomic mass is 10.00. The summed E-state index contributed by atoms with van der Waals surface area (Å²) >= 11 is 13.4. The van der Waals surface area contributed by atoms with Crippen molar-refractivity contribution in [3.05, 3.63) is 74.0 Å². The normalized spacial score (nSPS) is 13.7. The van der Waals surface area contributed by atoms with Crippen molar-refractivity contribution in [2.45, 2.75) is 72.1 Å². The number of carbonyl (C=O) groups excluding carboxylic acids is 2. The SMILES string of the molecule is Cc1cccc(CN(C(=O)C(CNC(=O)OC(C)(C)C)Cc2cnc(OCCOc3c(Cl)cc(F)cc3Cl)s2)C2CC2)c1C. The summed E-state index contributed by atoms with van der Waals surface area (Å²) in [5.41, 5.74) is 2.81. The highest BCUT2D eigenvalue weighted by atomic mass is 35.5. The topological polar surface area (TPSA) is 90.0 Å². The predicted octanol–water partition coefficient (Wildman–Crippen LogP) is 7.54. The van der Waals surface area contributed by atoms with Crippen LogP contribution in [0.25, 0.3) is 0 Å². The molecular formula is C32H38Cl2FN3O5S. The minimum atomic E-state index is -0.659. The van der Waals surface area contributed by atoms with Gasteiger partial charge in [0.15, 0.2) is 5.75 Å². The van der Waals surface area contributed by atoms with E-state index in [1.54, 1.807) is 27.0 Å². The zero-order chi connectivity index (χ0) is 32.0. The van der Waals surface area contributed by atoms with Gasteiger partial charge < -0.3 is 24.4 Å². The number of amides is 2. The number of benzene rings is 2. The second-order valence-electron chi connectivity index (χ2n) is 11.8. The van der Waals surface area contributed by atoms with E-state index in [4.69, 9.17) is 37.4 Å². The van der Waals surface area contributed by atoms with Gasteiger partial charge in [0.05, 0.1) is 16.0 Å². The van der Waals surface area contributed by atoms with Crippen molar-refractivity contribution in [1.82, 2.24) is 15.2 Å². The summed E-state index contributed by atoms with van der Waals surface area (Å²) in [6.45, 7) is 10.4. The van der Waals surface area contributed by atoms with Gasteiger partial charge >= 0.3 is 6.09 Å². The molecule has 0 spiro atoms. The Labute approximate surface area is 271 Å². The largest absolute Gasteiger partial charge is 0.487 e. The Balaban J connectivity index is 1.42. The molecule has 0 aliphatic heterocycles. The van der Waals surface area contributed by atoms with Crippen LogP contribution < -0.4 is 14.8 Å². The zero-order valence-corrected chi connectivity index (χ0v) is 27.9. The number of hydrogen-bond acceptors (Lipinski definition) is 7. The maximum Gasteiger partial charge on any atom is 0.407 e. The average molecular weight is 667 g/mol. The van der Waals surface area contributed by atoms with Gasteiger partial charge in [0.1, 0.15) is 24.6 Å². The lowest BCUT2D eigenvalue weighted by Crippen LogP contribution is -2.44. The number of alkyl carbamates (subject to hydrolysis) is 1. The van der Waals surface area contributed by atoms with Gasteiger partial charge in [0.2, 0.25) is 5.91 Å². The first-order valence-electron chi connectivity index (χ1n) is 14.5. The Bertz CT molecular complexity index is 1450. The third kappa shape index (κ3) is 9.71. The molecule has 1 aliphatic rings. The fourth-order valence-electron chi connectivity index (χ4n) is 4.57. The summed E-state index contributed by atoms with van der Waals surface area (Å²) in [4.78, 5) is 33.7. The molecule has 1 atom stereocenters. The standard InChI is InChI=1S/C32H38Cl2FN3O5S/c1-19-7-6-8-21(20(19)2)18-38(24-9-10-24)29(39)22(16-36-30(40)43-32(3,4)5)13-25-17-37-31(44-25)42-12-11-41-28-26(33)14-23(35)15-27(28)34/h6-8,14-15,17,22,24H,9-13,16,18H2,1-5H3,(H,36,40). The van der Waals surface area contributed by atoms with E-state index in [1.165, 1.54) is 22.5 Å². The summed E-state index contributed by atoms with van der Waals surface area (Å²) in [6, 6.07) is 8.57. The Kier molecular flexibility index (Phi) is 11.4. The summed E-state index contributed by atoms with van der Waals surface area (Å²) in [5.74, 6) is -0.935. The number of rotatable bonds is 13. The minimum absolute atomic E-state index is 0.0261. The van der Waals surface area contributed by atoms with Gasteiger partial charge in [-0.05, 0) is 82.7 Å². The van der Waals surface area contributed by atoms with Crippen molar-refractivity contribution in [3.8, 4) is 10.9 Å². The van der Waals surface area contributed by atoms with Crippen LogP contribution in [0.2, 0.25) is 10.0 Å². The van der Waals surface area contributed by atoms with E-state index in [0.717, 1.165) is 35.4 Å². The van der Waals surface area contributed by atoms with Crippen LogP contribution in [0.3, 0.4) is 0 Å². The maximum absolute atomic E-state index is 14.1. The van der Waals surface area contributed by atoms with Crippen LogP contribution in [0, 0.1) is 25.6 Å². The van der Waals surface area contributed by atoms with Gasteiger partial charge in [0, 0.05) is 30.2 Å². The summed E-state index contributed by atoms with van der Waals surface area (Å²) in [7, 11) is 0. The van der Waals surface area contributed by atoms with Gasteiger partial charge in [-0.15, -0.1) is 0 Å². The molecule has 3 aromatic rings. The van der Waals surface area contributed by atoms with Crippen LogP contribution in [0.1, 0.15) is 55.2 Å². The lowest BCUT2D eigenvalue weighted by Gasteiger charge is -2.29. The Morgan fingerprint density at radius 3 is 2.48 bits per heavy atom. The second kappa shape index (κ2) is 14.8. The second-order valence-corrected chi connectivity index (χ2v) is 13.7. The van der Waals surface area contributed by atoms with Gasteiger partial charge in [-0.3, -0.25) is 4.79 Å². The molecule has 2 amide bonds. The molecule has 1 saturated carbocycles. The Morgan fingerprint density at radius 2 is 1.82 bits per heavy atom. The molecule has 8 nitrogen and oxygen atoms in total. The summed E-state index contributed by atoms with van der Waals surface area (Å²) < 4.78 is 30.2. The van der Waals surface area contributed by atoms with Crippen molar-refractivity contribution in [2.75, 3.05) is 19.8 Å². The first-order chi connectivity index (χ1) is 20.8. The van der Waals surface area contributed by atoms with E-state index < -0.39 is 23.4 Å². The molecular weight excluding hydrogens is 628 g/mol. The zero-order valence-electron chi connectivity index (χ0n) is 25.5. The molecule has 1 N–H and O–H groups in total. The first-order valence-corrected chi connectivity index (χ1v) is 16.0. The number of halogens is 3. The highest BCUT2D eigenvalue weighted by Gasteiger charge is 2.36. The molecule has 44 heavy (non-hydrogen) atoms. The number of ether oxygens (including phenoxy) is 3. The number of hydrogen-bond donors (Lipinski definition) is 1. The van der Waals surface area contributed by atoms with Crippen molar-refractivity contribution in [2.24, 2.45) is 5.92 Å². The Morgan fingerprint density at radius 1 is 1.14 bits per heavy atom. The van der Waals surface area contributed by atoms with Crippen molar-refractivity contribution in [3.63, 3.8) is 0 Å². The highest BCUT2D eigenvalue weighted by molar-refractivity contribution is 7.13. The van der Waals surface area contributed by atoms with E-state index in [0.29, 0.717) is 18.2 Å². The van der Waals surface area contributed by atoms with Gasteiger partial charge in [-0.1, -0.05) is 52.7 Å². The molecule has 238 valence electrons. The third-order valence-electron chi connectivity index (χ3n) is 7.07. The van der Waals surface area contributed by atoms with E-state index in [9.17, 15) is 14.0 Å². The van der Waals surface area contributed by atoms with Gasteiger partial charge in [-0.2, -0.15) is 0 Å². The number of aryl methyl sites for hydroxylation is 1. The quantitative estimate of drug-likeness (QED) is 0.190. The molecule has 1 aromatic heterocycles. The Hall–Kier alpha value is -3.08. The van der Waals surface area contributed by atoms with Gasteiger partial charge in [-0.25, -0.2) is 14.2 Å². The maximum atomic E-state index is 14.1. The molecule has 0 bridgehead atoms. The monoisotopic (exact) mass is 665 g/mol. The van der Waals surface area contributed by atoms with Crippen LogP contribution >= 0.6 is 34.5 Å². The molecule has 1 heterocycles. The predicted molar refractivity (Wildman–Crippen MR) is 170 cm³/mol. The molecule has 1 aliphatic carbocycles. The van der Waals surface area contributed by atoms with Crippen molar-refractivity contribution >= 4 is 46.5 Å². The van der Waals surface area contributed by atoms with Gasteiger partial charge in [0.25, 0.3) is 5.19 Å². The third-order valence-corrected chi connectivity index (χ3v) is 8.56. The fraction of sp³-hybridized carbons (Fsp3) is 0.469. The first kappa shape index (κ1) is 33.8. The van der Waals surface area contributed by atoms with Crippen LogP contribution in [0.15, 0.2) is 36.5 Å². The number of carbonyl (C=O) groups is 2. The molecule has 2 aromatic carbocycles. The molecule has 0 saturated heterocycles. The molecule has 4 rings (SSSR count). The number of nitrogens with zero attached hydrogens (tertiary/aromatic N) is 2. The molecule has 12 heteroatoms. The number of nitrogens with one attached hydrogen (secondary N) is 1. The lowest BCUT2D eigenvalue weighted by molar-refractivity contribution is -0.136. The van der Waals surface area contributed by atoms with Crippen LogP contribution in [-0.4, -0.2) is 53.3 Å². The van der Waals surface area contributed by atoms with E-state index in [2.05, 4.69) is 36.3 Å². The number of aromatic nitrogens is 1. The van der Waals surface area contributed by atoms with E-state index >= 15 is 0 Å². The van der Waals surface area contributed by atoms with Crippen LogP contribution in [0.5, 0.6) is 10.9 Å². The van der Waals surface area contributed by atoms with Crippen LogP contribution in [-0.2, 0) is 22.5 Å². The van der Waals surface area contributed by atoms with E-state index in [1.807, 2.05) is 11.0 Å². The van der Waals surface area contributed by atoms with E-state index in [-0.39, 0.29) is 47.5 Å². The molecule has 0 radical (unpaired) electrons. The number of thiazole rings is 1. The smallest absolute Gasteiger partial charge is 0.407 e. The van der Waals surface area contributed by atoms with Crippen molar-refractivity contribution in [1.29, 1.82) is 0 Å².